The van der Waals surface area contributed by atoms with Crippen molar-refractivity contribution in [2.24, 2.45) is 10.7 Å². The van der Waals surface area contributed by atoms with E-state index in [1.165, 1.54) is 5.56 Å². The number of nitrogens with one attached hydrogen (secondary N) is 1. The van der Waals surface area contributed by atoms with Gasteiger partial charge in [0.1, 0.15) is 17.6 Å². The molecule has 1 aliphatic heterocycles. The minimum absolute atomic E-state index is 0.108. The summed E-state index contributed by atoms with van der Waals surface area (Å²) in [5, 5.41) is 3.41. The quantitative estimate of drug-likeness (QED) is 0.477. The molecule has 0 aromatic heterocycles. The minimum Gasteiger partial charge on any atom is -0.490 e. The number of rotatable bonds is 9. The van der Waals surface area contributed by atoms with Crippen molar-refractivity contribution in [2.45, 2.75) is 32.3 Å². The molecule has 2 aromatic rings. The van der Waals surface area contributed by atoms with E-state index in [0.717, 1.165) is 50.6 Å². The Kier molecular flexibility index (Phi) is 8.58. The summed E-state index contributed by atoms with van der Waals surface area (Å²) in [6.07, 6.45) is 3.04. The lowest BCUT2D eigenvalue weighted by Crippen LogP contribution is -2.47. The number of likely N-dealkylation sites (tertiary alicyclic amines) is 1. The number of para-hydroxylation sites is 1. The Balaban J connectivity index is 1.47. The average molecular weight is 425 g/mol. The van der Waals surface area contributed by atoms with Crippen LogP contribution in [-0.4, -0.2) is 55.7 Å². The number of ether oxygens (including phenoxy) is 2. The van der Waals surface area contributed by atoms with E-state index in [1.807, 2.05) is 54.6 Å². The molecule has 0 unspecified atom stereocenters. The molecule has 0 radical (unpaired) electrons. The maximum absolute atomic E-state index is 10.8. The van der Waals surface area contributed by atoms with Crippen LogP contribution in [-0.2, 0) is 11.2 Å². The molecule has 31 heavy (non-hydrogen) atoms. The number of hydrogen-bond donors (Lipinski definition) is 2. The molecular formula is C24H32N4O3. The first-order valence-electron chi connectivity index (χ1n) is 10.9. The van der Waals surface area contributed by atoms with Crippen molar-refractivity contribution in [1.29, 1.82) is 0 Å². The molecule has 0 spiro atoms. The molecule has 166 valence electrons. The maximum Gasteiger partial charge on any atom is 0.255 e. The lowest BCUT2D eigenvalue weighted by atomic mass is 10.1. The Morgan fingerprint density at radius 3 is 2.45 bits per heavy atom. The summed E-state index contributed by atoms with van der Waals surface area (Å²) in [5.74, 6) is 2.06. The SMILES string of the molecule is CCNC(=NCCc1ccc(OCC(N)=O)cc1)N1CCC(Oc2ccccc2)CC1. The zero-order valence-electron chi connectivity index (χ0n) is 18.1. The number of carbonyl (C=O) groups excluding carboxylic acids is 1. The number of guanidine groups is 1. The normalized spacial score (nSPS) is 14.9. The molecule has 1 heterocycles. The maximum atomic E-state index is 10.8. The molecule has 1 fully saturated rings. The number of nitrogens with zero attached hydrogens (tertiary/aromatic N) is 2. The van der Waals surface area contributed by atoms with E-state index in [2.05, 4.69) is 17.1 Å². The zero-order chi connectivity index (χ0) is 21.9. The lowest BCUT2D eigenvalue weighted by Gasteiger charge is -2.34. The van der Waals surface area contributed by atoms with E-state index in [9.17, 15) is 4.79 Å². The van der Waals surface area contributed by atoms with Crippen molar-refractivity contribution in [3.63, 3.8) is 0 Å². The van der Waals surface area contributed by atoms with Crippen molar-refractivity contribution in [2.75, 3.05) is 32.8 Å². The molecule has 3 rings (SSSR count). The van der Waals surface area contributed by atoms with Gasteiger partial charge < -0.3 is 25.4 Å². The van der Waals surface area contributed by atoms with Crippen molar-refractivity contribution >= 4 is 11.9 Å². The van der Waals surface area contributed by atoms with Gasteiger partial charge >= 0.3 is 0 Å². The summed E-state index contributed by atoms with van der Waals surface area (Å²) >= 11 is 0. The van der Waals surface area contributed by atoms with E-state index in [1.54, 1.807) is 0 Å². The van der Waals surface area contributed by atoms with Gasteiger partial charge in [0.05, 0.1) is 0 Å². The Bertz CT molecular complexity index is 832. The standard InChI is InChI=1S/C24H32N4O3/c1-2-26-24(27-15-12-19-8-10-20(11-9-19)30-18-23(25)29)28-16-13-22(14-17-28)31-21-6-4-3-5-7-21/h3-11,22H,2,12-18H2,1H3,(H2,25,29)(H,26,27). The molecule has 1 aliphatic rings. The van der Waals surface area contributed by atoms with Crippen LogP contribution in [0.5, 0.6) is 11.5 Å². The van der Waals surface area contributed by atoms with Crippen LogP contribution in [0.3, 0.4) is 0 Å². The van der Waals surface area contributed by atoms with Crippen LogP contribution < -0.4 is 20.5 Å². The summed E-state index contributed by atoms with van der Waals surface area (Å²) in [4.78, 5) is 17.9. The minimum atomic E-state index is -0.481. The third kappa shape index (κ3) is 7.51. The van der Waals surface area contributed by atoms with Gasteiger partial charge in [-0.05, 0) is 43.2 Å². The van der Waals surface area contributed by atoms with E-state index < -0.39 is 5.91 Å². The number of aliphatic imine (C=N–C) groups is 1. The molecule has 7 heteroatoms. The fourth-order valence-corrected chi connectivity index (χ4v) is 3.50. The van der Waals surface area contributed by atoms with Crippen LogP contribution in [0.2, 0.25) is 0 Å². The first-order valence-corrected chi connectivity index (χ1v) is 10.9. The number of carbonyl (C=O) groups is 1. The third-order valence-corrected chi connectivity index (χ3v) is 5.09. The van der Waals surface area contributed by atoms with Crippen LogP contribution in [0.1, 0.15) is 25.3 Å². The second-order valence-corrected chi connectivity index (χ2v) is 7.50. The lowest BCUT2D eigenvalue weighted by molar-refractivity contribution is -0.119. The predicted octanol–water partition coefficient (Wildman–Crippen LogP) is 2.60. The predicted molar refractivity (Wildman–Crippen MR) is 122 cm³/mol. The number of piperidine rings is 1. The smallest absolute Gasteiger partial charge is 0.255 e. The molecular weight excluding hydrogens is 392 g/mol. The van der Waals surface area contributed by atoms with Gasteiger partial charge in [-0.15, -0.1) is 0 Å². The number of hydrogen-bond acceptors (Lipinski definition) is 4. The Hall–Kier alpha value is -3.22. The summed E-state index contributed by atoms with van der Waals surface area (Å²) in [6.45, 7) is 5.37. The van der Waals surface area contributed by atoms with Gasteiger partial charge in [0.2, 0.25) is 0 Å². The fourth-order valence-electron chi connectivity index (χ4n) is 3.50. The van der Waals surface area contributed by atoms with E-state index in [-0.39, 0.29) is 12.7 Å². The van der Waals surface area contributed by atoms with E-state index >= 15 is 0 Å². The molecule has 1 amide bonds. The van der Waals surface area contributed by atoms with Crippen LogP contribution >= 0.6 is 0 Å². The zero-order valence-corrected chi connectivity index (χ0v) is 18.1. The summed E-state index contributed by atoms with van der Waals surface area (Å²) in [6, 6.07) is 17.7. The van der Waals surface area contributed by atoms with Crippen LogP contribution in [0.25, 0.3) is 0 Å². The Labute approximate surface area is 184 Å². The van der Waals surface area contributed by atoms with Crippen molar-refractivity contribution in [3.8, 4) is 11.5 Å². The van der Waals surface area contributed by atoms with Gasteiger partial charge in [-0.25, -0.2) is 0 Å². The second kappa shape index (κ2) is 11.8. The fraction of sp³-hybridized carbons (Fsp3) is 0.417. The number of primary amides is 1. The summed E-state index contributed by atoms with van der Waals surface area (Å²) < 4.78 is 11.4. The molecule has 0 saturated carbocycles. The molecule has 0 bridgehead atoms. The monoisotopic (exact) mass is 424 g/mol. The van der Waals surface area contributed by atoms with Crippen LogP contribution in [0.4, 0.5) is 0 Å². The van der Waals surface area contributed by atoms with Gasteiger partial charge in [-0.3, -0.25) is 9.79 Å². The first-order chi connectivity index (χ1) is 15.1. The highest BCUT2D eigenvalue weighted by Crippen LogP contribution is 2.19. The number of nitrogens with two attached hydrogens (primary N) is 1. The third-order valence-electron chi connectivity index (χ3n) is 5.09. The van der Waals surface area contributed by atoms with Crippen molar-refractivity contribution in [1.82, 2.24) is 10.2 Å². The molecule has 3 N–H and O–H groups in total. The van der Waals surface area contributed by atoms with Crippen LogP contribution in [0.15, 0.2) is 59.6 Å². The Morgan fingerprint density at radius 1 is 1.10 bits per heavy atom. The first kappa shape index (κ1) is 22.5. The number of benzene rings is 2. The summed E-state index contributed by atoms with van der Waals surface area (Å²) in [7, 11) is 0. The van der Waals surface area contributed by atoms with Gasteiger partial charge in [0, 0.05) is 39.0 Å². The molecule has 0 atom stereocenters. The topological polar surface area (TPSA) is 89.2 Å². The highest BCUT2D eigenvalue weighted by molar-refractivity contribution is 5.80. The molecule has 7 nitrogen and oxygen atoms in total. The largest absolute Gasteiger partial charge is 0.490 e. The molecule has 2 aromatic carbocycles. The van der Waals surface area contributed by atoms with Gasteiger partial charge in [0.15, 0.2) is 12.6 Å². The van der Waals surface area contributed by atoms with E-state index in [0.29, 0.717) is 12.3 Å². The van der Waals surface area contributed by atoms with Gasteiger partial charge in [-0.1, -0.05) is 30.3 Å². The highest BCUT2D eigenvalue weighted by Gasteiger charge is 2.22. The second-order valence-electron chi connectivity index (χ2n) is 7.50. The average Bonchev–Trinajstić information content (AvgIpc) is 2.79. The Morgan fingerprint density at radius 2 is 1.81 bits per heavy atom. The van der Waals surface area contributed by atoms with Gasteiger partial charge in [-0.2, -0.15) is 0 Å². The molecule has 0 aliphatic carbocycles. The number of amides is 1. The highest BCUT2D eigenvalue weighted by atomic mass is 16.5. The summed E-state index contributed by atoms with van der Waals surface area (Å²) in [5.41, 5.74) is 6.26. The van der Waals surface area contributed by atoms with Crippen molar-refractivity contribution < 1.29 is 14.3 Å². The molecule has 1 saturated heterocycles. The van der Waals surface area contributed by atoms with Crippen LogP contribution in [0, 0.1) is 0 Å². The van der Waals surface area contributed by atoms with E-state index in [4.69, 9.17) is 20.2 Å². The van der Waals surface area contributed by atoms with Crippen molar-refractivity contribution in [3.05, 3.63) is 60.2 Å². The van der Waals surface area contributed by atoms with Gasteiger partial charge in [0.25, 0.3) is 5.91 Å².